The van der Waals surface area contributed by atoms with Gasteiger partial charge in [-0.05, 0) is 19.1 Å². The highest BCUT2D eigenvalue weighted by molar-refractivity contribution is 5.86. The average Bonchev–Trinajstić information content (AvgIpc) is 2.51. The molecule has 0 atom stereocenters. The Morgan fingerprint density at radius 3 is 1.86 bits per heavy atom. The third-order valence-electron chi connectivity index (χ3n) is 2.84. The first-order valence-corrected chi connectivity index (χ1v) is 6.78. The Morgan fingerprint density at radius 1 is 1.00 bits per heavy atom. The minimum Gasteiger partial charge on any atom is -0.353 e. The van der Waals surface area contributed by atoms with Crippen molar-refractivity contribution >= 4 is 17.5 Å². The van der Waals surface area contributed by atoms with E-state index in [1.54, 1.807) is 4.90 Å². The minimum atomic E-state index is -0.247. The van der Waals surface area contributed by atoms with Crippen LogP contribution in [-0.2, 0) is 9.59 Å². The van der Waals surface area contributed by atoms with Gasteiger partial charge in [-0.2, -0.15) is 0 Å². The van der Waals surface area contributed by atoms with E-state index in [2.05, 4.69) is 22.5 Å². The van der Waals surface area contributed by atoms with Gasteiger partial charge in [-0.25, -0.2) is 0 Å². The summed E-state index contributed by atoms with van der Waals surface area (Å²) in [5.74, 6) is 4.18. The molecule has 2 amide bonds. The molecule has 22 heavy (non-hydrogen) atoms. The summed E-state index contributed by atoms with van der Waals surface area (Å²) in [7, 11) is 0. The quantitative estimate of drug-likeness (QED) is 0.712. The predicted octanol–water partition coefficient (Wildman–Crippen LogP) is 0.300. The van der Waals surface area contributed by atoms with Gasteiger partial charge in [-0.15, -0.1) is 12.8 Å². The standard InChI is InChI=1S/C17H19N3O2/c1-4-10-18-16(21)12-20(13-17(22)19-11-5-2)15-8-6-14(3)7-9-15/h1-2,6-9H,10-13H2,3H3,(H,18,21)(H,19,22). The number of anilines is 1. The number of terminal acetylenes is 2. The first kappa shape index (κ1) is 17.1. The summed E-state index contributed by atoms with van der Waals surface area (Å²) < 4.78 is 0. The van der Waals surface area contributed by atoms with Crippen molar-refractivity contribution in [1.82, 2.24) is 10.6 Å². The van der Waals surface area contributed by atoms with Crippen molar-refractivity contribution in [2.45, 2.75) is 6.92 Å². The highest BCUT2D eigenvalue weighted by atomic mass is 16.2. The van der Waals surface area contributed by atoms with Gasteiger partial charge in [0.15, 0.2) is 0 Å². The van der Waals surface area contributed by atoms with Crippen molar-refractivity contribution in [3.8, 4) is 24.7 Å². The molecule has 0 unspecified atom stereocenters. The normalized spacial score (nSPS) is 9.23. The second kappa shape index (κ2) is 9.10. The Hall–Kier alpha value is -2.92. The fourth-order valence-electron chi connectivity index (χ4n) is 1.75. The molecular formula is C17H19N3O2. The highest BCUT2D eigenvalue weighted by Gasteiger charge is 2.14. The van der Waals surface area contributed by atoms with Gasteiger partial charge in [0.05, 0.1) is 26.2 Å². The summed E-state index contributed by atoms with van der Waals surface area (Å²) in [6.45, 7) is 2.35. The maximum absolute atomic E-state index is 11.8. The molecule has 1 rings (SSSR count). The van der Waals surface area contributed by atoms with Gasteiger partial charge < -0.3 is 15.5 Å². The molecule has 0 aliphatic carbocycles. The summed E-state index contributed by atoms with van der Waals surface area (Å²) in [5.41, 5.74) is 1.87. The molecule has 0 fully saturated rings. The first-order valence-electron chi connectivity index (χ1n) is 6.78. The number of benzene rings is 1. The van der Waals surface area contributed by atoms with Gasteiger partial charge in [-0.3, -0.25) is 9.59 Å². The maximum atomic E-state index is 11.8. The molecule has 1 aromatic rings. The van der Waals surface area contributed by atoms with Crippen molar-refractivity contribution < 1.29 is 9.59 Å². The van der Waals surface area contributed by atoms with Crippen LogP contribution in [-0.4, -0.2) is 38.0 Å². The summed E-state index contributed by atoms with van der Waals surface area (Å²) in [5, 5.41) is 5.16. The van der Waals surface area contributed by atoms with E-state index in [1.807, 2.05) is 31.2 Å². The van der Waals surface area contributed by atoms with Crippen molar-refractivity contribution in [2.24, 2.45) is 0 Å². The fourth-order valence-corrected chi connectivity index (χ4v) is 1.75. The zero-order chi connectivity index (χ0) is 16.4. The maximum Gasteiger partial charge on any atom is 0.240 e. The van der Waals surface area contributed by atoms with Gasteiger partial charge in [0, 0.05) is 5.69 Å². The van der Waals surface area contributed by atoms with Crippen molar-refractivity contribution in [1.29, 1.82) is 0 Å². The lowest BCUT2D eigenvalue weighted by Gasteiger charge is -2.23. The number of nitrogens with zero attached hydrogens (tertiary/aromatic N) is 1. The lowest BCUT2D eigenvalue weighted by atomic mass is 10.2. The lowest BCUT2D eigenvalue weighted by Crippen LogP contribution is -2.43. The number of aryl methyl sites for hydroxylation is 1. The van der Waals surface area contributed by atoms with Crippen molar-refractivity contribution in [3.63, 3.8) is 0 Å². The molecule has 0 saturated carbocycles. The van der Waals surface area contributed by atoms with E-state index in [0.717, 1.165) is 11.3 Å². The number of nitrogens with one attached hydrogen (secondary N) is 2. The predicted molar refractivity (Wildman–Crippen MR) is 87.1 cm³/mol. The van der Waals surface area contributed by atoms with Crippen LogP contribution in [0.5, 0.6) is 0 Å². The Balaban J connectivity index is 2.78. The number of hydrogen-bond acceptors (Lipinski definition) is 3. The van der Waals surface area contributed by atoms with E-state index in [-0.39, 0.29) is 38.0 Å². The van der Waals surface area contributed by atoms with Crippen LogP contribution in [0.25, 0.3) is 0 Å². The Kier molecular flexibility index (Phi) is 7.08. The van der Waals surface area contributed by atoms with Crippen LogP contribution < -0.4 is 15.5 Å². The van der Waals surface area contributed by atoms with E-state index in [4.69, 9.17) is 12.8 Å². The lowest BCUT2D eigenvalue weighted by molar-refractivity contribution is -0.120. The van der Waals surface area contributed by atoms with E-state index < -0.39 is 0 Å². The van der Waals surface area contributed by atoms with Crippen molar-refractivity contribution in [3.05, 3.63) is 29.8 Å². The van der Waals surface area contributed by atoms with Crippen molar-refractivity contribution in [2.75, 3.05) is 31.1 Å². The molecule has 0 aromatic heterocycles. The minimum absolute atomic E-state index is 0.0359. The molecule has 0 spiro atoms. The fraction of sp³-hybridized carbons (Fsp3) is 0.294. The SMILES string of the molecule is C#CCNC(=O)CN(CC(=O)NCC#C)c1ccc(C)cc1. The number of amides is 2. The molecule has 5 nitrogen and oxygen atoms in total. The molecule has 0 radical (unpaired) electrons. The first-order chi connectivity index (χ1) is 10.6. The Labute approximate surface area is 131 Å². The van der Waals surface area contributed by atoms with Crippen LogP contribution in [0.3, 0.4) is 0 Å². The molecule has 114 valence electrons. The molecule has 0 aliphatic rings. The van der Waals surface area contributed by atoms with E-state index in [1.165, 1.54) is 0 Å². The third kappa shape index (κ3) is 6.02. The summed E-state index contributed by atoms with van der Waals surface area (Å²) in [6, 6.07) is 7.55. The van der Waals surface area contributed by atoms with E-state index in [0.29, 0.717) is 0 Å². The topological polar surface area (TPSA) is 61.4 Å². The second-order valence-corrected chi connectivity index (χ2v) is 4.65. The molecule has 1 aromatic carbocycles. The van der Waals surface area contributed by atoms with Gasteiger partial charge >= 0.3 is 0 Å². The highest BCUT2D eigenvalue weighted by Crippen LogP contribution is 2.14. The van der Waals surface area contributed by atoms with Gasteiger partial charge in [-0.1, -0.05) is 29.5 Å². The molecule has 0 bridgehead atoms. The average molecular weight is 297 g/mol. The summed E-state index contributed by atoms with van der Waals surface area (Å²) in [4.78, 5) is 25.3. The van der Waals surface area contributed by atoms with Crippen LogP contribution in [0.4, 0.5) is 5.69 Å². The zero-order valence-electron chi connectivity index (χ0n) is 12.6. The molecule has 0 heterocycles. The Bertz CT molecular complexity index is 562. The molecule has 5 heteroatoms. The summed E-state index contributed by atoms with van der Waals surface area (Å²) >= 11 is 0. The van der Waals surface area contributed by atoms with Crippen LogP contribution >= 0.6 is 0 Å². The Morgan fingerprint density at radius 2 is 1.45 bits per heavy atom. The number of carbonyl (C=O) groups is 2. The van der Waals surface area contributed by atoms with E-state index >= 15 is 0 Å². The van der Waals surface area contributed by atoms with Crippen LogP contribution in [0.15, 0.2) is 24.3 Å². The number of carbonyl (C=O) groups excluding carboxylic acids is 2. The number of rotatable bonds is 7. The molecular weight excluding hydrogens is 278 g/mol. The zero-order valence-corrected chi connectivity index (χ0v) is 12.6. The smallest absolute Gasteiger partial charge is 0.240 e. The van der Waals surface area contributed by atoms with Gasteiger partial charge in [0.1, 0.15) is 0 Å². The van der Waals surface area contributed by atoms with Crippen LogP contribution in [0.1, 0.15) is 5.56 Å². The summed E-state index contributed by atoms with van der Waals surface area (Å²) in [6.07, 6.45) is 10.2. The third-order valence-corrected chi connectivity index (χ3v) is 2.84. The monoisotopic (exact) mass is 297 g/mol. The molecule has 0 saturated heterocycles. The van der Waals surface area contributed by atoms with E-state index in [9.17, 15) is 9.59 Å². The second-order valence-electron chi connectivity index (χ2n) is 4.65. The van der Waals surface area contributed by atoms with Gasteiger partial charge in [0.2, 0.25) is 11.8 Å². The number of hydrogen-bond donors (Lipinski definition) is 2. The molecule has 2 N–H and O–H groups in total. The largest absolute Gasteiger partial charge is 0.353 e. The molecule has 0 aliphatic heterocycles. The van der Waals surface area contributed by atoms with Crippen LogP contribution in [0.2, 0.25) is 0 Å². The van der Waals surface area contributed by atoms with Gasteiger partial charge in [0.25, 0.3) is 0 Å². The van der Waals surface area contributed by atoms with Crippen LogP contribution in [0, 0.1) is 31.6 Å².